The number of unbranched alkanes of at least 4 members (excludes halogenated alkanes) is 1. The van der Waals surface area contributed by atoms with Crippen LogP contribution in [0.1, 0.15) is 46.5 Å². The van der Waals surface area contributed by atoms with Gasteiger partial charge in [-0.15, -0.1) is 0 Å². The van der Waals surface area contributed by atoms with Crippen molar-refractivity contribution in [3.63, 3.8) is 0 Å². The third-order valence-corrected chi connectivity index (χ3v) is 4.36. The molecule has 1 heterocycles. The molecule has 1 N–H and O–H groups in total. The number of hydrogen-bond donors (Lipinski definition) is 1. The molecule has 0 saturated carbocycles. The Bertz CT molecular complexity index is 404. The molecule has 0 aromatic rings. The fourth-order valence-electron chi connectivity index (χ4n) is 2.89. The molecule has 0 radical (unpaired) electrons. The van der Waals surface area contributed by atoms with Crippen LogP contribution in [0.15, 0.2) is 0 Å². The van der Waals surface area contributed by atoms with Gasteiger partial charge in [0.05, 0.1) is 0 Å². The molecule has 0 unspecified atom stereocenters. The number of carbonyl (C=O) groups excluding carboxylic acids is 3. The van der Waals surface area contributed by atoms with Gasteiger partial charge in [-0.25, -0.2) is 0 Å². The Kier molecular flexibility index (Phi) is 8.84. The highest BCUT2D eigenvalue weighted by atomic mass is 16.2. The summed E-state index contributed by atoms with van der Waals surface area (Å²) in [7, 11) is 0. The van der Waals surface area contributed by atoms with Gasteiger partial charge in [0, 0.05) is 58.5 Å². The van der Waals surface area contributed by atoms with E-state index in [0.29, 0.717) is 13.0 Å². The van der Waals surface area contributed by atoms with E-state index in [4.69, 9.17) is 0 Å². The van der Waals surface area contributed by atoms with Gasteiger partial charge in [0.25, 0.3) is 0 Å². The third kappa shape index (κ3) is 7.59. The zero-order chi connectivity index (χ0) is 17.2. The van der Waals surface area contributed by atoms with Crippen LogP contribution in [0.3, 0.4) is 0 Å². The molecule has 1 fully saturated rings. The summed E-state index contributed by atoms with van der Waals surface area (Å²) in [6.07, 6.45) is 3.11. The zero-order valence-corrected chi connectivity index (χ0v) is 14.8. The molecule has 23 heavy (non-hydrogen) atoms. The van der Waals surface area contributed by atoms with E-state index < -0.39 is 0 Å². The lowest BCUT2D eigenvalue weighted by Crippen LogP contribution is -2.50. The topological polar surface area (TPSA) is 69.7 Å². The van der Waals surface area contributed by atoms with E-state index in [1.165, 1.54) is 0 Å². The fraction of sp³-hybridized carbons (Fsp3) is 0.824. The quantitative estimate of drug-likeness (QED) is 0.688. The van der Waals surface area contributed by atoms with Crippen LogP contribution in [0.2, 0.25) is 0 Å². The smallest absolute Gasteiger partial charge is 0.223 e. The van der Waals surface area contributed by atoms with E-state index in [0.717, 1.165) is 52.0 Å². The number of hydrogen-bond acceptors (Lipinski definition) is 4. The van der Waals surface area contributed by atoms with Crippen LogP contribution >= 0.6 is 0 Å². The van der Waals surface area contributed by atoms with Gasteiger partial charge >= 0.3 is 0 Å². The highest BCUT2D eigenvalue weighted by Gasteiger charge is 2.21. The molecule has 1 atom stereocenters. The van der Waals surface area contributed by atoms with E-state index >= 15 is 0 Å². The standard InChI is InChI=1S/C17H31N3O3/c1-4-5-6-16(13-14(2)21)17(23)18-7-8-19-9-11-20(12-10-19)15(3)22/h16H,4-13H2,1-3H3,(H,18,23)/t16-/m0/s1. The van der Waals surface area contributed by atoms with E-state index in [2.05, 4.69) is 17.1 Å². The van der Waals surface area contributed by atoms with Crippen molar-refractivity contribution < 1.29 is 14.4 Å². The SMILES string of the molecule is CCCC[C@@H](CC(C)=O)C(=O)NCCN1CCN(C(C)=O)CC1. The van der Waals surface area contributed by atoms with Gasteiger partial charge in [0.15, 0.2) is 0 Å². The van der Waals surface area contributed by atoms with E-state index in [-0.39, 0.29) is 23.5 Å². The molecule has 1 aliphatic rings. The van der Waals surface area contributed by atoms with Crippen LogP contribution < -0.4 is 5.32 Å². The molecule has 0 spiro atoms. The molecule has 0 aromatic heterocycles. The second kappa shape index (κ2) is 10.4. The van der Waals surface area contributed by atoms with Gasteiger partial charge < -0.3 is 15.0 Å². The number of amides is 2. The highest BCUT2D eigenvalue weighted by Crippen LogP contribution is 2.13. The van der Waals surface area contributed by atoms with Gasteiger partial charge in [0.2, 0.25) is 11.8 Å². The second-order valence-electron chi connectivity index (χ2n) is 6.38. The molecule has 6 heteroatoms. The van der Waals surface area contributed by atoms with Crippen LogP contribution in [0, 0.1) is 5.92 Å². The molecule has 0 bridgehead atoms. The number of Topliss-reactive ketones (excluding diaryl/α,β-unsaturated/α-hetero) is 1. The van der Waals surface area contributed by atoms with Crippen LogP contribution in [0.25, 0.3) is 0 Å². The number of carbonyl (C=O) groups is 3. The predicted molar refractivity (Wildman–Crippen MR) is 90.0 cm³/mol. The van der Waals surface area contributed by atoms with Crippen LogP contribution in [-0.2, 0) is 14.4 Å². The van der Waals surface area contributed by atoms with Crippen LogP contribution in [0.5, 0.6) is 0 Å². The Morgan fingerprint density at radius 1 is 1.09 bits per heavy atom. The molecular formula is C17H31N3O3. The summed E-state index contributed by atoms with van der Waals surface area (Å²) in [5.74, 6) is 0.000548. The Morgan fingerprint density at radius 2 is 1.74 bits per heavy atom. The molecule has 0 aromatic carbocycles. The Hall–Kier alpha value is -1.43. The van der Waals surface area contributed by atoms with Gasteiger partial charge in [-0.05, 0) is 13.3 Å². The summed E-state index contributed by atoms with van der Waals surface area (Å²) in [5, 5.41) is 2.96. The fourth-order valence-corrected chi connectivity index (χ4v) is 2.89. The van der Waals surface area contributed by atoms with Gasteiger partial charge in [-0.1, -0.05) is 19.8 Å². The number of piperazine rings is 1. The molecule has 1 aliphatic heterocycles. The molecule has 2 amide bonds. The maximum Gasteiger partial charge on any atom is 0.223 e. The maximum absolute atomic E-state index is 12.2. The maximum atomic E-state index is 12.2. The number of nitrogens with zero attached hydrogens (tertiary/aromatic N) is 2. The van der Waals surface area contributed by atoms with Gasteiger partial charge in [-0.3, -0.25) is 14.5 Å². The lowest BCUT2D eigenvalue weighted by Gasteiger charge is -2.34. The Labute approximate surface area is 139 Å². The first-order valence-electron chi connectivity index (χ1n) is 8.69. The monoisotopic (exact) mass is 325 g/mol. The van der Waals surface area contributed by atoms with Crippen molar-refractivity contribution in [2.45, 2.75) is 46.5 Å². The third-order valence-electron chi connectivity index (χ3n) is 4.36. The van der Waals surface area contributed by atoms with Crippen molar-refractivity contribution in [1.29, 1.82) is 0 Å². The Balaban J connectivity index is 2.28. The summed E-state index contributed by atoms with van der Waals surface area (Å²) in [4.78, 5) is 38.9. The molecular weight excluding hydrogens is 294 g/mol. The highest BCUT2D eigenvalue weighted by molar-refractivity contribution is 5.85. The summed E-state index contributed by atoms with van der Waals surface area (Å²) >= 11 is 0. The normalized spacial score (nSPS) is 16.9. The van der Waals surface area contributed by atoms with E-state index in [9.17, 15) is 14.4 Å². The van der Waals surface area contributed by atoms with E-state index in [1.54, 1.807) is 13.8 Å². The summed E-state index contributed by atoms with van der Waals surface area (Å²) < 4.78 is 0. The minimum Gasteiger partial charge on any atom is -0.355 e. The van der Waals surface area contributed by atoms with Gasteiger partial charge in [-0.2, -0.15) is 0 Å². The van der Waals surface area contributed by atoms with Crippen molar-refractivity contribution in [3.05, 3.63) is 0 Å². The van der Waals surface area contributed by atoms with E-state index in [1.807, 2.05) is 4.90 Å². The zero-order valence-electron chi connectivity index (χ0n) is 14.8. The summed E-state index contributed by atoms with van der Waals surface area (Å²) in [6, 6.07) is 0. The molecule has 1 saturated heterocycles. The first kappa shape index (κ1) is 19.6. The first-order valence-corrected chi connectivity index (χ1v) is 8.69. The van der Waals surface area contributed by atoms with Crippen molar-refractivity contribution >= 4 is 17.6 Å². The minimum absolute atomic E-state index is 0.00368. The largest absolute Gasteiger partial charge is 0.355 e. The number of nitrogens with one attached hydrogen (secondary N) is 1. The molecule has 0 aliphatic carbocycles. The number of rotatable bonds is 9. The predicted octanol–water partition coefficient (Wildman–Crippen LogP) is 1.05. The first-order chi connectivity index (χ1) is 10.9. The molecule has 1 rings (SSSR count). The van der Waals surface area contributed by atoms with Crippen LogP contribution in [-0.4, -0.2) is 66.7 Å². The summed E-state index contributed by atoms with van der Waals surface area (Å²) in [6.45, 7) is 9.83. The molecule has 6 nitrogen and oxygen atoms in total. The number of ketones is 1. The average Bonchev–Trinajstić information content (AvgIpc) is 2.51. The van der Waals surface area contributed by atoms with Crippen molar-refractivity contribution in [1.82, 2.24) is 15.1 Å². The lowest BCUT2D eigenvalue weighted by molar-refractivity contribution is -0.130. The average molecular weight is 325 g/mol. The lowest BCUT2D eigenvalue weighted by atomic mass is 9.96. The van der Waals surface area contributed by atoms with Crippen molar-refractivity contribution in [2.75, 3.05) is 39.3 Å². The summed E-state index contributed by atoms with van der Waals surface area (Å²) in [5.41, 5.74) is 0. The Morgan fingerprint density at radius 3 is 2.26 bits per heavy atom. The van der Waals surface area contributed by atoms with Crippen LogP contribution in [0.4, 0.5) is 0 Å². The van der Waals surface area contributed by atoms with Gasteiger partial charge in [0.1, 0.15) is 5.78 Å². The minimum atomic E-state index is -0.193. The molecule has 132 valence electrons. The van der Waals surface area contributed by atoms with Crippen molar-refractivity contribution in [2.24, 2.45) is 5.92 Å². The second-order valence-corrected chi connectivity index (χ2v) is 6.38. The van der Waals surface area contributed by atoms with Crippen molar-refractivity contribution in [3.8, 4) is 0 Å².